The van der Waals surface area contributed by atoms with Crippen LogP contribution in [0.4, 0.5) is 13.2 Å². The molecule has 0 aliphatic heterocycles. The number of rotatable bonds is 4. The molecule has 0 bridgehead atoms. The summed E-state index contributed by atoms with van der Waals surface area (Å²) in [5, 5.41) is 0. The van der Waals surface area contributed by atoms with Crippen LogP contribution in [0.5, 0.6) is 0 Å². The summed E-state index contributed by atoms with van der Waals surface area (Å²) >= 11 is 2.52. The Bertz CT molecular complexity index is 144. The summed E-state index contributed by atoms with van der Waals surface area (Å²) < 4.78 is 40.5. The van der Waals surface area contributed by atoms with E-state index >= 15 is 0 Å². The zero-order valence-electron chi connectivity index (χ0n) is 6.40. The van der Waals surface area contributed by atoms with Gasteiger partial charge in [-0.25, -0.2) is 0 Å². The van der Waals surface area contributed by atoms with Crippen molar-refractivity contribution in [3.05, 3.63) is 0 Å². The van der Waals surface area contributed by atoms with Crippen molar-refractivity contribution in [1.29, 1.82) is 0 Å². The van der Waals surface area contributed by atoms with Gasteiger partial charge in [0.25, 0.3) is 0 Å². The first-order valence-corrected chi connectivity index (χ1v) is 4.70. The highest BCUT2D eigenvalue weighted by atomic mass is 79.9. The number of alkyl halides is 4. The normalized spacial score (nSPS) is 21.0. The van der Waals surface area contributed by atoms with E-state index in [-0.39, 0.29) is 6.61 Å². The predicted molar refractivity (Wildman–Crippen MR) is 42.3 cm³/mol. The molecule has 0 heterocycles. The van der Waals surface area contributed by atoms with Crippen LogP contribution in [0.2, 0.25) is 0 Å². The van der Waals surface area contributed by atoms with E-state index in [2.05, 4.69) is 15.9 Å². The lowest BCUT2D eigenvalue weighted by molar-refractivity contribution is -0.137. The van der Waals surface area contributed by atoms with E-state index in [4.69, 9.17) is 4.74 Å². The van der Waals surface area contributed by atoms with Gasteiger partial charge in [-0.1, -0.05) is 15.9 Å². The molecule has 0 aromatic carbocycles. The first-order valence-electron chi connectivity index (χ1n) is 3.78. The lowest BCUT2D eigenvalue weighted by atomic mass is 10.4. The van der Waals surface area contributed by atoms with Crippen molar-refractivity contribution in [1.82, 2.24) is 0 Å². The molecule has 1 unspecified atom stereocenters. The summed E-state index contributed by atoms with van der Waals surface area (Å²) in [5.41, 5.74) is 0. The van der Waals surface area contributed by atoms with Gasteiger partial charge in [0.2, 0.25) is 0 Å². The molecule has 1 nitrogen and oxygen atoms in total. The molecular formula is C7H10BrF3O. The van der Waals surface area contributed by atoms with Crippen LogP contribution in [0.25, 0.3) is 0 Å². The first-order chi connectivity index (χ1) is 5.50. The monoisotopic (exact) mass is 246 g/mol. The van der Waals surface area contributed by atoms with Crippen LogP contribution in [0.1, 0.15) is 12.8 Å². The van der Waals surface area contributed by atoms with Gasteiger partial charge in [-0.15, -0.1) is 0 Å². The molecule has 0 N–H and O–H groups in total. The molecule has 1 fully saturated rings. The molecule has 1 atom stereocenters. The molecule has 1 saturated carbocycles. The van der Waals surface area contributed by atoms with E-state index in [1.165, 1.54) is 0 Å². The average molecular weight is 247 g/mol. The highest BCUT2D eigenvalue weighted by Crippen LogP contribution is 2.30. The second-order valence-electron chi connectivity index (χ2n) is 2.99. The second-order valence-corrected chi connectivity index (χ2v) is 4.10. The van der Waals surface area contributed by atoms with Gasteiger partial charge in [0.1, 0.15) is 4.83 Å². The van der Waals surface area contributed by atoms with E-state index in [9.17, 15) is 13.2 Å². The van der Waals surface area contributed by atoms with Gasteiger partial charge in [0.15, 0.2) is 0 Å². The summed E-state index contributed by atoms with van der Waals surface area (Å²) in [6.07, 6.45) is -2.00. The van der Waals surface area contributed by atoms with Crippen molar-refractivity contribution in [3.8, 4) is 0 Å². The topological polar surface area (TPSA) is 9.23 Å². The van der Waals surface area contributed by atoms with Crippen molar-refractivity contribution >= 4 is 15.9 Å². The molecule has 0 aromatic heterocycles. The van der Waals surface area contributed by atoms with E-state index < -0.39 is 11.0 Å². The summed E-state index contributed by atoms with van der Waals surface area (Å²) in [4.78, 5) is -1.52. The Balaban J connectivity index is 2.04. The smallest absolute Gasteiger partial charge is 0.380 e. The molecule has 0 radical (unpaired) electrons. The van der Waals surface area contributed by atoms with Gasteiger partial charge in [-0.3, -0.25) is 0 Å². The van der Waals surface area contributed by atoms with Gasteiger partial charge in [-0.2, -0.15) is 13.2 Å². The largest absolute Gasteiger partial charge is 0.403 e. The number of ether oxygens (including phenoxy) is 1. The van der Waals surface area contributed by atoms with Gasteiger partial charge < -0.3 is 4.74 Å². The van der Waals surface area contributed by atoms with Crippen molar-refractivity contribution in [2.24, 2.45) is 5.92 Å². The van der Waals surface area contributed by atoms with E-state index in [1.54, 1.807) is 0 Å². The molecule has 5 heteroatoms. The average Bonchev–Trinajstić information content (AvgIpc) is 2.69. The minimum absolute atomic E-state index is 0.278. The zero-order valence-corrected chi connectivity index (χ0v) is 7.99. The molecule has 72 valence electrons. The third-order valence-electron chi connectivity index (χ3n) is 1.67. The SMILES string of the molecule is FC(F)(F)C(Br)COCC1CC1. The maximum atomic E-state index is 11.9. The fraction of sp³-hybridized carbons (Fsp3) is 1.00. The molecule has 1 aliphatic carbocycles. The summed E-state index contributed by atoms with van der Waals surface area (Å²) in [7, 11) is 0. The predicted octanol–water partition coefficient (Wildman–Crippen LogP) is 2.74. The Morgan fingerprint density at radius 1 is 1.42 bits per heavy atom. The Morgan fingerprint density at radius 2 is 2.00 bits per heavy atom. The standard InChI is InChI=1S/C7H10BrF3O/c8-6(7(9,10)11)4-12-3-5-1-2-5/h5-6H,1-4H2. The Hall–Kier alpha value is 0.230. The number of hydrogen-bond donors (Lipinski definition) is 0. The van der Waals surface area contributed by atoms with Crippen LogP contribution < -0.4 is 0 Å². The van der Waals surface area contributed by atoms with Crippen LogP contribution >= 0.6 is 15.9 Å². The van der Waals surface area contributed by atoms with Crippen molar-refractivity contribution in [2.45, 2.75) is 23.8 Å². The van der Waals surface area contributed by atoms with Gasteiger partial charge in [-0.05, 0) is 18.8 Å². The minimum Gasteiger partial charge on any atom is -0.380 e. The molecule has 0 saturated heterocycles. The lowest BCUT2D eigenvalue weighted by Crippen LogP contribution is -2.27. The Morgan fingerprint density at radius 3 is 2.42 bits per heavy atom. The molecule has 1 rings (SSSR count). The summed E-state index contributed by atoms with van der Waals surface area (Å²) in [5.74, 6) is 0.512. The van der Waals surface area contributed by atoms with Crippen LogP contribution in [0.15, 0.2) is 0 Å². The van der Waals surface area contributed by atoms with E-state index in [1.807, 2.05) is 0 Å². The Labute approximate surface area is 77.4 Å². The maximum Gasteiger partial charge on any atom is 0.403 e. The van der Waals surface area contributed by atoms with Crippen molar-refractivity contribution in [3.63, 3.8) is 0 Å². The second kappa shape index (κ2) is 3.96. The highest BCUT2D eigenvalue weighted by molar-refractivity contribution is 9.09. The van der Waals surface area contributed by atoms with E-state index in [0.717, 1.165) is 12.8 Å². The molecule has 1 aliphatic rings. The van der Waals surface area contributed by atoms with Crippen LogP contribution in [-0.2, 0) is 4.74 Å². The third kappa shape index (κ3) is 3.76. The van der Waals surface area contributed by atoms with Gasteiger partial charge in [0, 0.05) is 6.61 Å². The van der Waals surface area contributed by atoms with Crippen LogP contribution in [-0.4, -0.2) is 24.2 Å². The molecule has 0 spiro atoms. The third-order valence-corrected chi connectivity index (χ3v) is 2.45. The number of hydrogen-bond acceptors (Lipinski definition) is 1. The Kier molecular flexibility index (Phi) is 3.40. The van der Waals surface area contributed by atoms with Crippen molar-refractivity contribution in [2.75, 3.05) is 13.2 Å². The molecule has 0 amide bonds. The zero-order chi connectivity index (χ0) is 9.19. The highest BCUT2D eigenvalue weighted by Gasteiger charge is 2.38. The number of halogens is 4. The van der Waals surface area contributed by atoms with Gasteiger partial charge >= 0.3 is 6.18 Å². The first kappa shape index (κ1) is 10.3. The minimum atomic E-state index is -4.19. The maximum absolute atomic E-state index is 11.9. The molecular weight excluding hydrogens is 237 g/mol. The quantitative estimate of drug-likeness (QED) is 0.694. The summed E-state index contributed by atoms with van der Waals surface area (Å²) in [6, 6.07) is 0. The van der Waals surface area contributed by atoms with E-state index in [0.29, 0.717) is 12.5 Å². The summed E-state index contributed by atoms with van der Waals surface area (Å²) in [6.45, 7) is 0.193. The molecule has 12 heavy (non-hydrogen) atoms. The van der Waals surface area contributed by atoms with Crippen LogP contribution in [0, 0.1) is 5.92 Å². The van der Waals surface area contributed by atoms with Gasteiger partial charge in [0.05, 0.1) is 6.61 Å². The van der Waals surface area contributed by atoms with Crippen molar-refractivity contribution < 1.29 is 17.9 Å². The molecule has 0 aromatic rings. The fourth-order valence-corrected chi connectivity index (χ4v) is 0.904. The fourth-order valence-electron chi connectivity index (χ4n) is 0.717. The lowest BCUT2D eigenvalue weighted by Gasteiger charge is -2.13. The van der Waals surface area contributed by atoms with Crippen LogP contribution in [0.3, 0.4) is 0 Å².